The number of para-hydroxylation sites is 1. The minimum atomic E-state index is -0.324. The molecule has 0 atom stereocenters. The molecule has 8 nitrogen and oxygen atoms in total. The first-order valence-electron chi connectivity index (χ1n) is 8.53. The average Bonchev–Trinajstić information content (AvgIpc) is 3.01. The minimum Gasteiger partial charge on any atom is -0.509 e. The Morgan fingerprint density at radius 3 is 2.50 bits per heavy atom. The first-order valence-corrected chi connectivity index (χ1v) is 8.53. The van der Waals surface area contributed by atoms with Gasteiger partial charge < -0.3 is 24.5 Å². The van der Waals surface area contributed by atoms with Crippen LogP contribution < -0.4 is 19.9 Å². The third kappa shape index (κ3) is 2.84. The number of aliphatic hydroxyl groups is 1. The van der Waals surface area contributed by atoms with Crippen molar-refractivity contribution in [3.05, 3.63) is 64.4 Å². The summed E-state index contributed by atoms with van der Waals surface area (Å²) in [6.07, 6.45) is 0. The SMILES string of the molecule is COc1cc(OC)cc(N2CC(O)=C(c3nc4ccccc4c(=O)[nH]3)C2=N)c1. The smallest absolute Gasteiger partial charge is 0.259 e. The maximum atomic E-state index is 12.4. The molecule has 0 bridgehead atoms. The fourth-order valence-corrected chi connectivity index (χ4v) is 3.20. The fraction of sp³-hybridized carbons (Fsp3) is 0.150. The second-order valence-electron chi connectivity index (χ2n) is 6.26. The summed E-state index contributed by atoms with van der Waals surface area (Å²) in [5.74, 6) is 1.25. The molecule has 1 aliphatic rings. The zero-order valence-electron chi connectivity index (χ0n) is 15.3. The molecule has 0 saturated carbocycles. The summed E-state index contributed by atoms with van der Waals surface area (Å²) in [7, 11) is 3.08. The third-order valence-electron chi connectivity index (χ3n) is 4.60. The van der Waals surface area contributed by atoms with Crippen molar-refractivity contribution in [3.8, 4) is 11.5 Å². The molecular weight excluding hydrogens is 360 g/mol. The summed E-state index contributed by atoms with van der Waals surface area (Å²) in [6.45, 7) is 0.0705. The van der Waals surface area contributed by atoms with Gasteiger partial charge in [-0.2, -0.15) is 0 Å². The van der Waals surface area contributed by atoms with E-state index in [2.05, 4.69) is 9.97 Å². The molecule has 0 radical (unpaired) electrons. The van der Waals surface area contributed by atoms with Crippen LogP contribution in [0, 0.1) is 5.41 Å². The van der Waals surface area contributed by atoms with E-state index >= 15 is 0 Å². The van der Waals surface area contributed by atoms with Crippen LogP contribution >= 0.6 is 0 Å². The van der Waals surface area contributed by atoms with E-state index in [1.807, 2.05) is 0 Å². The number of nitrogens with zero attached hydrogens (tertiary/aromatic N) is 2. The molecule has 8 heteroatoms. The van der Waals surface area contributed by atoms with Crippen LogP contribution in [0.15, 0.2) is 53.0 Å². The number of nitrogens with one attached hydrogen (secondary N) is 2. The highest BCUT2D eigenvalue weighted by molar-refractivity contribution is 6.30. The summed E-state index contributed by atoms with van der Waals surface area (Å²) in [5.41, 5.74) is 0.974. The van der Waals surface area contributed by atoms with Crippen LogP contribution in [0.25, 0.3) is 16.5 Å². The Bertz CT molecular complexity index is 1160. The van der Waals surface area contributed by atoms with Gasteiger partial charge in [0, 0.05) is 18.2 Å². The lowest BCUT2D eigenvalue weighted by Gasteiger charge is -2.20. The Morgan fingerprint density at radius 2 is 1.82 bits per heavy atom. The number of hydrogen-bond donors (Lipinski definition) is 3. The van der Waals surface area contributed by atoms with E-state index in [-0.39, 0.29) is 35.1 Å². The number of aromatic amines is 1. The Kier molecular flexibility index (Phi) is 4.23. The van der Waals surface area contributed by atoms with E-state index in [9.17, 15) is 9.90 Å². The molecule has 28 heavy (non-hydrogen) atoms. The Hall–Kier alpha value is -3.81. The molecule has 4 rings (SSSR count). The van der Waals surface area contributed by atoms with Crippen molar-refractivity contribution in [1.82, 2.24) is 9.97 Å². The molecule has 0 unspecified atom stereocenters. The van der Waals surface area contributed by atoms with Crippen molar-refractivity contribution < 1.29 is 14.6 Å². The van der Waals surface area contributed by atoms with Gasteiger partial charge in [0.1, 0.15) is 28.9 Å². The molecule has 3 aromatic rings. The first-order chi connectivity index (χ1) is 13.5. The van der Waals surface area contributed by atoms with Gasteiger partial charge in [0.05, 0.1) is 42.9 Å². The zero-order valence-corrected chi connectivity index (χ0v) is 15.3. The van der Waals surface area contributed by atoms with Gasteiger partial charge in [-0.25, -0.2) is 4.98 Å². The molecular formula is C20H18N4O4. The van der Waals surface area contributed by atoms with Gasteiger partial charge in [-0.05, 0) is 12.1 Å². The second kappa shape index (κ2) is 6.73. The fourth-order valence-electron chi connectivity index (χ4n) is 3.20. The van der Waals surface area contributed by atoms with Crippen molar-refractivity contribution in [3.63, 3.8) is 0 Å². The van der Waals surface area contributed by atoms with E-state index in [1.54, 1.807) is 61.6 Å². The summed E-state index contributed by atoms with van der Waals surface area (Å²) in [4.78, 5) is 21.1. The molecule has 0 spiro atoms. The predicted octanol–water partition coefficient (Wildman–Crippen LogP) is 2.71. The normalized spacial score (nSPS) is 14.1. The molecule has 0 saturated heterocycles. The molecule has 0 fully saturated rings. The Balaban J connectivity index is 1.77. The van der Waals surface area contributed by atoms with Crippen molar-refractivity contribution in [1.29, 1.82) is 5.41 Å². The number of aromatic nitrogens is 2. The van der Waals surface area contributed by atoms with E-state index in [0.717, 1.165) is 0 Å². The topological polar surface area (TPSA) is 112 Å². The molecule has 1 aliphatic heterocycles. The number of amidine groups is 1. The molecule has 2 aromatic carbocycles. The number of H-pyrrole nitrogens is 1. The molecule has 1 aromatic heterocycles. The maximum Gasteiger partial charge on any atom is 0.259 e. The molecule has 2 heterocycles. The highest BCUT2D eigenvalue weighted by Crippen LogP contribution is 2.34. The molecule has 0 aliphatic carbocycles. The van der Waals surface area contributed by atoms with Crippen molar-refractivity contribution >= 4 is 28.0 Å². The summed E-state index contributed by atoms with van der Waals surface area (Å²) in [6, 6.07) is 12.1. The van der Waals surface area contributed by atoms with Crippen LogP contribution in [0.1, 0.15) is 5.82 Å². The van der Waals surface area contributed by atoms with Gasteiger partial charge in [-0.3, -0.25) is 10.2 Å². The monoisotopic (exact) mass is 378 g/mol. The van der Waals surface area contributed by atoms with Gasteiger partial charge in [0.15, 0.2) is 0 Å². The minimum absolute atomic E-state index is 0.0197. The van der Waals surface area contributed by atoms with Gasteiger partial charge in [-0.1, -0.05) is 12.1 Å². The number of aliphatic hydroxyl groups excluding tert-OH is 1. The number of benzene rings is 2. The van der Waals surface area contributed by atoms with Crippen LogP contribution in [0.3, 0.4) is 0 Å². The number of rotatable bonds is 4. The number of fused-ring (bicyclic) bond motifs is 1. The van der Waals surface area contributed by atoms with Crippen molar-refractivity contribution in [2.45, 2.75) is 0 Å². The van der Waals surface area contributed by atoms with E-state index in [4.69, 9.17) is 14.9 Å². The van der Waals surface area contributed by atoms with E-state index in [0.29, 0.717) is 28.1 Å². The van der Waals surface area contributed by atoms with Crippen LogP contribution in [-0.2, 0) is 0 Å². The third-order valence-corrected chi connectivity index (χ3v) is 4.60. The largest absolute Gasteiger partial charge is 0.509 e. The lowest BCUT2D eigenvalue weighted by Crippen LogP contribution is -2.26. The lowest BCUT2D eigenvalue weighted by molar-refractivity contribution is 0.394. The van der Waals surface area contributed by atoms with Gasteiger partial charge >= 0.3 is 0 Å². The second-order valence-corrected chi connectivity index (χ2v) is 6.26. The van der Waals surface area contributed by atoms with Gasteiger partial charge in [0.25, 0.3) is 5.56 Å². The molecule has 0 amide bonds. The average molecular weight is 378 g/mol. The number of anilines is 1. The summed E-state index contributed by atoms with van der Waals surface area (Å²) in [5, 5.41) is 19.5. The van der Waals surface area contributed by atoms with Gasteiger partial charge in [0.2, 0.25) is 0 Å². The first kappa shape index (κ1) is 17.6. The van der Waals surface area contributed by atoms with Crippen molar-refractivity contribution in [2.24, 2.45) is 0 Å². The molecule has 3 N–H and O–H groups in total. The van der Waals surface area contributed by atoms with Crippen LogP contribution in [0.2, 0.25) is 0 Å². The number of ether oxygens (including phenoxy) is 2. The quantitative estimate of drug-likeness (QED) is 0.644. The van der Waals surface area contributed by atoms with Crippen molar-refractivity contribution in [2.75, 3.05) is 25.7 Å². The highest BCUT2D eigenvalue weighted by atomic mass is 16.5. The van der Waals surface area contributed by atoms with E-state index in [1.165, 1.54) is 0 Å². The Morgan fingerprint density at radius 1 is 1.14 bits per heavy atom. The Labute approximate surface area is 160 Å². The summed E-state index contributed by atoms with van der Waals surface area (Å²) >= 11 is 0. The van der Waals surface area contributed by atoms with Crippen LogP contribution in [0.5, 0.6) is 11.5 Å². The van der Waals surface area contributed by atoms with E-state index < -0.39 is 0 Å². The number of hydrogen-bond acceptors (Lipinski definition) is 6. The maximum absolute atomic E-state index is 12.4. The lowest BCUT2D eigenvalue weighted by atomic mass is 10.2. The highest BCUT2D eigenvalue weighted by Gasteiger charge is 2.31. The molecule has 142 valence electrons. The predicted molar refractivity (Wildman–Crippen MR) is 107 cm³/mol. The summed E-state index contributed by atoms with van der Waals surface area (Å²) < 4.78 is 10.6. The zero-order chi connectivity index (χ0) is 19.8. The van der Waals surface area contributed by atoms with Crippen LogP contribution in [0.4, 0.5) is 5.69 Å². The standard InChI is InChI=1S/C20H18N4O4/c1-27-12-7-11(8-13(9-12)28-2)24-10-16(25)17(18(24)21)19-22-15-6-4-3-5-14(15)20(26)23-19/h3-9,21,25H,10H2,1-2H3,(H,22,23,26). The van der Waals surface area contributed by atoms with Crippen LogP contribution in [-0.4, -0.2) is 41.7 Å². The van der Waals surface area contributed by atoms with Gasteiger partial charge in [-0.15, -0.1) is 0 Å². The number of methoxy groups -OCH3 is 2.